The molecule has 3 unspecified atom stereocenters. The van der Waals surface area contributed by atoms with E-state index >= 15 is 0 Å². The molecule has 18 heteroatoms. The van der Waals surface area contributed by atoms with Gasteiger partial charge in [-0.25, -0.2) is 9.59 Å². The second kappa shape index (κ2) is 27.8. The molecule has 4 aromatic carbocycles. The average Bonchev–Trinajstić information content (AvgIpc) is 3.96. The summed E-state index contributed by atoms with van der Waals surface area (Å²) in [5.74, 6) is 0.0666. The Morgan fingerprint density at radius 2 is 0.973 bits per heavy atom. The zero-order chi connectivity index (χ0) is 52.4. The van der Waals surface area contributed by atoms with Crippen LogP contribution in [0.1, 0.15) is 54.4 Å². The first-order valence-corrected chi connectivity index (χ1v) is 28.3. The monoisotopic (exact) mass is 1050 g/mol. The molecule has 5 fully saturated rings. The van der Waals surface area contributed by atoms with E-state index in [1.807, 2.05) is 76.5 Å². The molecule has 0 saturated carbocycles. The molecule has 0 radical (unpaired) electrons. The predicted molar refractivity (Wildman–Crippen MR) is 282 cm³/mol. The van der Waals surface area contributed by atoms with E-state index in [4.69, 9.17) is 23.1 Å². The van der Waals surface area contributed by atoms with Crippen LogP contribution in [0.3, 0.4) is 0 Å². The van der Waals surface area contributed by atoms with Crippen LogP contribution in [0.25, 0.3) is 0 Å². The van der Waals surface area contributed by atoms with Crippen LogP contribution in [0.4, 0.5) is 9.59 Å². The number of ether oxygens (including phenoxy) is 4. The predicted octanol–water partition coefficient (Wildman–Crippen LogP) is 6.28. The van der Waals surface area contributed by atoms with Crippen LogP contribution >= 0.6 is 0 Å². The van der Waals surface area contributed by atoms with Gasteiger partial charge in [0.2, 0.25) is 0 Å². The third-order valence-electron chi connectivity index (χ3n) is 14.6. The highest BCUT2D eigenvalue weighted by atomic mass is 32.2. The van der Waals surface area contributed by atoms with Crippen LogP contribution in [0.2, 0.25) is 0 Å². The van der Waals surface area contributed by atoms with Gasteiger partial charge in [0.05, 0.1) is 25.8 Å². The Morgan fingerprint density at radius 3 is 1.44 bits per heavy atom. The summed E-state index contributed by atoms with van der Waals surface area (Å²) >= 11 is 0. The van der Waals surface area contributed by atoms with Gasteiger partial charge in [0.15, 0.2) is 0 Å². The van der Waals surface area contributed by atoms with Crippen molar-refractivity contribution in [2.24, 2.45) is 11.8 Å². The number of amides is 2. The van der Waals surface area contributed by atoms with E-state index in [2.05, 4.69) is 69.3 Å². The lowest BCUT2D eigenvalue weighted by Crippen LogP contribution is -2.54. The molecule has 0 bridgehead atoms. The molecule has 5 saturated heterocycles. The molecule has 9 rings (SSSR count). The third kappa shape index (κ3) is 18.1. The van der Waals surface area contributed by atoms with Gasteiger partial charge in [-0.05, 0) is 86.0 Å². The summed E-state index contributed by atoms with van der Waals surface area (Å²) in [5, 5.41) is 0. The van der Waals surface area contributed by atoms with Crippen LogP contribution < -0.4 is 0 Å². The first-order chi connectivity index (χ1) is 36.4. The fourth-order valence-corrected chi connectivity index (χ4v) is 10.9. The maximum absolute atomic E-state index is 13.4. The minimum atomic E-state index is -3.52. The number of cyclic esters (lactones) is 2. The zero-order valence-electron chi connectivity index (χ0n) is 43.3. The van der Waals surface area contributed by atoms with Gasteiger partial charge in [0.1, 0.15) is 38.1 Å². The first-order valence-electron chi connectivity index (χ1n) is 26.5. The largest absolute Gasteiger partial charge is 0.461 e. The number of rotatable bonds is 21. The summed E-state index contributed by atoms with van der Waals surface area (Å²) in [7, 11) is -3.52. The van der Waals surface area contributed by atoms with Gasteiger partial charge >= 0.3 is 24.1 Å². The van der Waals surface area contributed by atoms with Gasteiger partial charge in [-0.1, -0.05) is 121 Å². The first kappa shape index (κ1) is 55.3. The van der Waals surface area contributed by atoms with Crippen molar-refractivity contribution in [3.05, 3.63) is 144 Å². The molecule has 17 nitrogen and oxygen atoms in total. The van der Waals surface area contributed by atoms with Gasteiger partial charge in [0.25, 0.3) is 10.1 Å². The Bertz CT molecular complexity index is 2510. The lowest BCUT2D eigenvalue weighted by molar-refractivity contribution is -0.159. The lowest BCUT2D eigenvalue weighted by Gasteiger charge is -2.38. The molecule has 0 N–H and O–H groups in total. The van der Waals surface area contributed by atoms with Crippen molar-refractivity contribution in [3.8, 4) is 0 Å². The third-order valence-corrected chi connectivity index (χ3v) is 15.2. The van der Waals surface area contributed by atoms with Gasteiger partial charge in [-0.15, -0.1) is 0 Å². The maximum atomic E-state index is 13.4. The summed E-state index contributed by atoms with van der Waals surface area (Å²) < 4.78 is 49.1. The molecule has 0 spiro atoms. The molecule has 5 aliphatic heterocycles. The number of hydrogen-bond acceptors (Lipinski definition) is 15. The van der Waals surface area contributed by atoms with Crippen LogP contribution in [-0.4, -0.2) is 178 Å². The second-order valence-electron chi connectivity index (χ2n) is 20.5. The number of piperazine rings is 1. The van der Waals surface area contributed by atoms with Crippen LogP contribution in [0.15, 0.2) is 121 Å². The molecule has 5 aliphatic rings. The van der Waals surface area contributed by atoms with Crippen LogP contribution in [-0.2, 0) is 69.1 Å². The van der Waals surface area contributed by atoms with Crippen molar-refractivity contribution in [2.75, 3.05) is 97.9 Å². The Kier molecular flexibility index (Phi) is 20.5. The van der Waals surface area contributed by atoms with E-state index < -0.39 is 34.2 Å². The Hall–Kier alpha value is -5.89. The molecular formula is C57H74N6O11S. The van der Waals surface area contributed by atoms with Crippen molar-refractivity contribution < 1.29 is 50.7 Å². The van der Waals surface area contributed by atoms with E-state index in [9.17, 15) is 27.6 Å². The molecular weight excluding hydrogens is 977 g/mol. The maximum Gasteiger partial charge on any atom is 0.410 e. The van der Waals surface area contributed by atoms with E-state index in [0.29, 0.717) is 64.2 Å². The van der Waals surface area contributed by atoms with Crippen molar-refractivity contribution in [1.82, 2.24) is 29.4 Å². The number of likely N-dealkylation sites (tertiary alicyclic amines) is 2. The van der Waals surface area contributed by atoms with Gasteiger partial charge in [0, 0.05) is 58.9 Å². The molecule has 75 heavy (non-hydrogen) atoms. The lowest BCUT2D eigenvalue weighted by atomic mass is 9.96. The Morgan fingerprint density at radius 1 is 0.547 bits per heavy atom. The summed E-state index contributed by atoms with van der Waals surface area (Å²) in [6.45, 7) is 11.8. The molecule has 4 aromatic rings. The molecule has 3 atom stereocenters. The summed E-state index contributed by atoms with van der Waals surface area (Å²) in [6, 6.07) is 39.3. The van der Waals surface area contributed by atoms with Gasteiger partial charge < -0.3 is 28.7 Å². The highest BCUT2D eigenvalue weighted by molar-refractivity contribution is 7.86. The highest BCUT2D eigenvalue weighted by Gasteiger charge is 2.38. The van der Waals surface area contributed by atoms with E-state index in [1.165, 1.54) is 11.1 Å². The van der Waals surface area contributed by atoms with Gasteiger partial charge in [-0.3, -0.25) is 33.4 Å². The number of benzene rings is 4. The van der Waals surface area contributed by atoms with Crippen LogP contribution in [0.5, 0.6) is 0 Å². The molecule has 0 aliphatic carbocycles. The fraction of sp³-hybridized carbons (Fsp3) is 0.509. The summed E-state index contributed by atoms with van der Waals surface area (Å²) in [4.78, 5) is 63.9. The number of carbonyl (C=O) groups excluding carboxylic acids is 4. The SMILES string of the molecule is CS(=O)(=O)OCC1CN(CC2CCN(Cc3ccccc3)CC2)C(=O)O1.O=C(CC(C(=O)OCc1ccccc1)N1CCN(CC2CN(CC3CCN(Cc4ccccc4)CC3)C(=O)O2)CC1)OCc1ccccc1. The zero-order valence-corrected chi connectivity index (χ0v) is 44.1. The average molecular weight is 1050 g/mol. The number of esters is 2. The quantitative estimate of drug-likeness (QED) is 0.0520. The summed E-state index contributed by atoms with van der Waals surface area (Å²) in [5.41, 5.74) is 4.44. The standard InChI is InChI=1S/C39H48N4O6.C18H26N2O5S/c44-37(47-29-33-12-6-2-7-13-33)24-36(38(45)48-30-34-14-8-3-9-15-34)42-22-20-41(21-23-42)27-35-28-43(39(46)49-35)26-32-16-18-40(19-17-32)25-31-10-4-1-5-11-31;1-26(22,23)24-14-17-13-20(18(21)25-17)12-16-7-9-19(10-8-16)11-15-5-3-2-4-6-15/h1-15,32,35-36H,16-30H2;2-6,16-17H,7-14H2,1H3. The number of piperidine rings is 2. The Balaban J connectivity index is 0.000000241. The van der Waals surface area contributed by atoms with E-state index in [0.717, 1.165) is 88.9 Å². The van der Waals surface area contributed by atoms with Crippen LogP contribution in [0, 0.1) is 11.8 Å². The van der Waals surface area contributed by atoms with Gasteiger partial charge in [-0.2, -0.15) is 8.42 Å². The number of carbonyl (C=O) groups is 4. The molecule has 5 heterocycles. The topological polar surface area (TPSA) is 168 Å². The number of nitrogens with zero attached hydrogens (tertiary/aromatic N) is 6. The minimum absolute atomic E-state index is 0.0825. The highest BCUT2D eigenvalue weighted by Crippen LogP contribution is 2.25. The second-order valence-corrected chi connectivity index (χ2v) is 22.2. The minimum Gasteiger partial charge on any atom is -0.461 e. The number of hydrogen-bond donors (Lipinski definition) is 0. The fourth-order valence-electron chi connectivity index (χ4n) is 10.5. The molecule has 404 valence electrons. The summed E-state index contributed by atoms with van der Waals surface area (Å²) in [6.07, 6.45) is 3.86. The normalized spacial score (nSPS) is 21.0. The van der Waals surface area contributed by atoms with E-state index in [1.54, 1.807) is 4.90 Å². The Labute approximate surface area is 442 Å². The van der Waals surface area contributed by atoms with Crippen molar-refractivity contribution in [1.29, 1.82) is 0 Å². The van der Waals surface area contributed by atoms with Crippen molar-refractivity contribution >= 4 is 34.2 Å². The smallest absolute Gasteiger partial charge is 0.410 e. The van der Waals surface area contributed by atoms with Crippen molar-refractivity contribution in [2.45, 2.75) is 76.7 Å². The van der Waals surface area contributed by atoms with Crippen molar-refractivity contribution in [3.63, 3.8) is 0 Å². The molecule has 2 amide bonds. The van der Waals surface area contributed by atoms with E-state index in [-0.39, 0.29) is 44.5 Å². The molecule has 0 aromatic heterocycles.